The minimum absolute atomic E-state index is 0.103. The van der Waals surface area contributed by atoms with E-state index in [1.807, 2.05) is 59.5 Å². The number of carbonyl (C=O) groups is 1. The molecule has 0 aromatic heterocycles. The Morgan fingerprint density at radius 2 is 1.83 bits per heavy atom. The zero-order valence-corrected chi connectivity index (χ0v) is 14.2. The van der Waals surface area contributed by atoms with Crippen LogP contribution in [0.3, 0.4) is 0 Å². The molecule has 0 bridgehead atoms. The predicted molar refractivity (Wildman–Crippen MR) is 95.2 cm³/mol. The van der Waals surface area contributed by atoms with Crippen molar-refractivity contribution < 1.29 is 9.53 Å². The van der Waals surface area contributed by atoms with Gasteiger partial charge < -0.3 is 15.0 Å². The summed E-state index contributed by atoms with van der Waals surface area (Å²) in [5.41, 5.74) is 1.79. The van der Waals surface area contributed by atoms with Gasteiger partial charge >= 0.3 is 0 Å². The standard InChI is InChI=1S/C20H24N2O2/c1-15-16(2)22(13-12-21-15)20(23)18-10-8-17(9-11-18)14-24-19-6-4-3-5-7-19/h3-11,15-16,21H,12-14H2,1-2H3. The van der Waals surface area contributed by atoms with Gasteiger partial charge in [-0.15, -0.1) is 0 Å². The predicted octanol–water partition coefficient (Wildman–Crippen LogP) is 3.09. The largest absolute Gasteiger partial charge is 0.489 e. The van der Waals surface area contributed by atoms with E-state index in [0.717, 1.165) is 30.0 Å². The van der Waals surface area contributed by atoms with E-state index in [-0.39, 0.29) is 11.9 Å². The van der Waals surface area contributed by atoms with Crippen LogP contribution in [0, 0.1) is 0 Å². The molecule has 0 aliphatic carbocycles. The fraction of sp³-hybridized carbons (Fsp3) is 0.350. The van der Waals surface area contributed by atoms with Gasteiger partial charge in [0.15, 0.2) is 0 Å². The fourth-order valence-electron chi connectivity index (χ4n) is 2.94. The van der Waals surface area contributed by atoms with Crippen molar-refractivity contribution in [2.24, 2.45) is 0 Å². The number of nitrogens with zero attached hydrogens (tertiary/aromatic N) is 1. The number of ether oxygens (including phenoxy) is 1. The molecule has 4 heteroatoms. The van der Waals surface area contributed by atoms with Crippen LogP contribution in [0.1, 0.15) is 29.8 Å². The first-order chi connectivity index (χ1) is 11.6. The first kappa shape index (κ1) is 16.5. The van der Waals surface area contributed by atoms with Crippen molar-refractivity contribution in [3.05, 3.63) is 65.7 Å². The minimum atomic E-state index is 0.103. The van der Waals surface area contributed by atoms with Crippen LogP contribution in [0.25, 0.3) is 0 Å². The van der Waals surface area contributed by atoms with Crippen LogP contribution in [0.5, 0.6) is 5.75 Å². The Hall–Kier alpha value is -2.33. The molecule has 126 valence electrons. The second-order valence-corrected chi connectivity index (χ2v) is 6.28. The molecule has 24 heavy (non-hydrogen) atoms. The van der Waals surface area contributed by atoms with Crippen LogP contribution < -0.4 is 10.1 Å². The summed E-state index contributed by atoms with van der Waals surface area (Å²) in [6.45, 7) is 6.31. The maximum atomic E-state index is 12.7. The van der Waals surface area contributed by atoms with Crippen molar-refractivity contribution in [2.75, 3.05) is 13.1 Å². The van der Waals surface area contributed by atoms with Gasteiger partial charge in [-0.2, -0.15) is 0 Å². The molecule has 4 nitrogen and oxygen atoms in total. The average Bonchev–Trinajstić information content (AvgIpc) is 2.63. The molecule has 2 aromatic rings. The lowest BCUT2D eigenvalue weighted by molar-refractivity contribution is 0.0603. The molecule has 3 rings (SSSR count). The molecule has 1 aliphatic heterocycles. The van der Waals surface area contributed by atoms with E-state index in [0.29, 0.717) is 12.6 Å². The topological polar surface area (TPSA) is 41.6 Å². The van der Waals surface area contributed by atoms with E-state index in [9.17, 15) is 4.79 Å². The Morgan fingerprint density at radius 1 is 1.12 bits per heavy atom. The van der Waals surface area contributed by atoms with Gasteiger partial charge in [0.1, 0.15) is 12.4 Å². The lowest BCUT2D eigenvalue weighted by atomic mass is 10.0. The third-order valence-electron chi connectivity index (χ3n) is 4.64. The lowest BCUT2D eigenvalue weighted by Crippen LogP contribution is -2.57. The fourth-order valence-corrected chi connectivity index (χ4v) is 2.94. The summed E-state index contributed by atoms with van der Waals surface area (Å²) in [6, 6.07) is 18.0. The number of amides is 1. The van der Waals surface area contributed by atoms with Crippen molar-refractivity contribution in [3.8, 4) is 5.75 Å². The quantitative estimate of drug-likeness (QED) is 0.940. The molecule has 2 aromatic carbocycles. The number of para-hydroxylation sites is 1. The Labute approximate surface area is 143 Å². The summed E-state index contributed by atoms with van der Waals surface area (Å²) < 4.78 is 5.74. The molecule has 1 heterocycles. The molecule has 1 amide bonds. The third-order valence-corrected chi connectivity index (χ3v) is 4.64. The Balaban J connectivity index is 1.62. The zero-order chi connectivity index (χ0) is 16.9. The molecule has 0 saturated carbocycles. The summed E-state index contributed by atoms with van der Waals surface area (Å²) in [7, 11) is 0. The van der Waals surface area contributed by atoms with Gasteiger partial charge in [-0.1, -0.05) is 30.3 Å². The Kier molecular flexibility index (Phi) is 5.16. The molecule has 2 unspecified atom stereocenters. The minimum Gasteiger partial charge on any atom is -0.489 e. The zero-order valence-electron chi connectivity index (χ0n) is 14.2. The maximum absolute atomic E-state index is 12.7. The number of rotatable bonds is 4. The van der Waals surface area contributed by atoms with Crippen LogP contribution in [-0.4, -0.2) is 36.0 Å². The summed E-state index contributed by atoms with van der Waals surface area (Å²) in [5, 5.41) is 3.40. The monoisotopic (exact) mass is 324 g/mol. The van der Waals surface area contributed by atoms with E-state index < -0.39 is 0 Å². The van der Waals surface area contributed by atoms with E-state index in [1.165, 1.54) is 0 Å². The second kappa shape index (κ2) is 7.49. The highest BCUT2D eigenvalue weighted by atomic mass is 16.5. The number of piperazine rings is 1. The molecule has 1 fully saturated rings. The number of benzene rings is 2. The van der Waals surface area contributed by atoms with Gasteiger partial charge in [0.2, 0.25) is 0 Å². The summed E-state index contributed by atoms with van der Waals surface area (Å²) in [6.07, 6.45) is 0. The highest BCUT2D eigenvalue weighted by Gasteiger charge is 2.28. The summed E-state index contributed by atoms with van der Waals surface area (Å²) >= 11 is 0. The molecule has 2 atom stereocenters. The van der Waals surface area contributed by atoms with Crippen LogP contribution in [0.4, 0.5) is 0 Å². The Bertz CT molecular complexity index is 670. The average molecular weight is 324 g/mol. The number of hydrogen-bond donors (Lipinski definition) is 1. The van der Waals surface area contributed by atoms with Gasteiger partial charge in [-0.25, -0.2) is 0 Å². The van der Waals surface area contributed by atoms with Crippen molar-refractivity contribution in [1.29, 1.82) is 0 Å². The second-order valence-electron chi connectivity index (χ2n) is 6.28. The molecular weight excluding hydrogens is 300 g/mol. The van der Waals surface area contributed by atoms with Gasteiger partial charge in [0, 0.05) is 30.7 Å². The van der Waals surface area contributed by atoms with Crippen molar-refractivity contribution in [2.45, 2.75) is 32.5 Å². The van der Waals surface area contributed by atoms with Crippen molar-refractivity contribution in [1.82, 2.24) is 10.2 Å². The van der Waals surface area contributed by atoms with E-state index in [2.05, 4.69) is 19.2 Å². The molecule has 1 N–H and O–H groups in total. The SMILES string of the molecule is CC1NCCN(C(=O)c2ccc(COc3ccccc3)cc2)C1C. The molecule has 0 radical (unpaired) electrons. The number of nitrogens with one attached hydrogen (secondary N) is 1. The van der Waals surface area contributed by atoms with Crippen LogP contribution in [0.2, 0.25) is 0 Å². The smallest absolute Gasteiger partial charge is 0.254 e. The molecule has 0 spiro atoms. The lowest BCUT2D eigenvalue weighted by Gasteiger charge is -2.38. The van der Waals surface area contributed by atoms with Gasteiger partial charge in [0.05, 0.1) is 0 Å². The van der Waals surface area contributed by atoms with Crippen molar-refractivity contribution >= 4 is 5.91 Å². The molecular formula is C20H24N2O2. The van der Waals surface area contributed by atoms with Crippen LogP contribution in [0.15, 0.2) is 54.6 Å². The maximum Gasteiger partial charge on any atom is 0.254 e. The van der Waals surface area contributed by atoms with E-state index in [1.54, 1.807) is 0 Å². The first-order valence-corrected chi connectivity index (χ1v) is 8.46. The van der Waals surface area contributed by atoms with Crippen molar-refractivity contribution in [3.63, 3.8) is 0 Å². The van der Waals surface area contributed by atoms with Gasteiger partial charge in [-0.05, 0) is 43.7 Å². The van der Waals surface area contributed by atoms with Gasteiger partial charge in [0.25, 0.3) is 5.91 Å². The number of carbonyl (C=O) groups excluding carboxylic acids is 1. The highest BCUT2D eigenvalue weighted by Crippen LogP contribution is 2.16. The van der Waals surface area contributed by atoms with Crippen LogP contribution in [-0.2, 0) is 6.61 Å². The van der Waals surface area contributed by atoms with E-state index in [4.69, 9.17) is 4.74 Å². The number of hydrogen-bond acceptors (Lipinski definition) is 3. The Morgan fingerprint density at radius 3 is 2.54 bits per heavy atom. The highest BCUT2D eigenvalue weighted by molar-refractivity contribution is 5.94. The van der Waals surface area contributed by atoms with E-state index >= 15 is 0 Å². The third kappa shape index (κ3) is 3.77. The van der Waals surface area contributed by atoms with Gasteiger partial charge in [-0.3, -0.25) is 4.79 Å². The van der Waals surface area contributed by atoms with Crippen LogP contribution >= 0.6 is 0 Å². The normalized spacial score (nSPS) is 20.7. The molecule has 1 saturated heterocycles. The summed E-state index contributed by atoms with van der Waals surface area (Å²) in [4.78, 5) is 14.7. The first-order valence-electron chi connectivity index (χ1n) is 8.46. The molecule has 1 aliphatic rings. The summed E-state index contributed by atoms with van der Waals surface area (Å²) in [5.74, 6) is 0.952.